The van der Waals surface area contributed by atoms with Crippen LogP contribution in [0.5, 0.6) is 0 Å². The van der Waals surface area contributed by atoms with Crippen molar-refractivity contribution in [3.63, 3.8) is 0 Å². The number of rotatable bonds is 5. The highest BCUT2D eigenvalue weighted by Crippen LogP contribution is 2.29. The third-order valence-electron chi connectivity index (χ3n) is 3.65. The molecule has 2 N–H and O–H groups in total. The molecule has 0 aromatic carbocycles. The maximum atomic E-state index is 11.5. The lowest BCUT2D eigenvalue weighted by molar-refractivity contribution is 0.0486. The van der Waals surface area contributed by atoms with Crippen molar-refractivity contribution in [2.75, 3.05) is 26.2 Å². The number of nitrogens with two attached hydrogens (primary N) is 1. The normalized spacial score (nSPS) is 23.7. The van der Waals surface area contributed by atoms with Crippen LogP contribution >= 0.6 is 0 Å². The van der Waals surface area contributed by atoms with Crippen LogP contribution in [0.1, 0.15) is 36.6 Å². The van der Waals surface area contributed by atoms with Gasteiger partial charge in [-0.15, -0.1) is 0 Å². The Balaban J connectivity index is 1.92. The van der Waals surface area contributed by atoms with Gasteiger partial charge in [0.25, 0.3) is 0 Å². The van der Waals surface area contributed by atoms with Crippen LogP contribution in [-0.2, 0) is 11.3 Å². The molecule has 19 heavy (non-hydrogen) atoms. The predicted molar refractivity (Wildman–Crippen MR) is 71.7 cm³/mol. The molecule has 0 amide bonds. The fourth-order valence-corrected chi connectivity index (χ4v) is 2.42. The molecule has 1 fully saturated rings. The third-order valence-corrected chi connectivity index (χ3v) is 3.65. The quantitative estimate of drug-likeness (QED) is 0.820. The lowest BCUT2D eigenvalue weighted by atomic mass is 9.90. The minimum Gasteiger partial charge on any atom is -0.460 e. The summed E-state index contributed by atoms with van der Waals surface area (Å²) in [4.78, 5) is 13.8. The first-order valence-electron chi connectivity index (χ1n) is 6.74. The molecule has 5 nitrogen and oxygen atoms in total. The van der Waals surface area contributed by atoms with Gasteiger partial charge in [0.2, 0.25) is 5.76 Å². The number of hydrogen-bond donors (Lipinski definition) is 1. The Bertz CT molecular complexity index is 444. The van der Waals surface area contributed by atoms with E-state index in [-0.39, 0.29) is 11.2 Å². The number of furan rings is 1. The minimum absolute atomic E-state index is 0.205. The zero-order valence-corrected chi connectivity index (χ0v) is 11.6. The Hall–Kier alpha value is -1.33. The van der Waals surface area contributed by atoms with Gasteiger partial charge in [0, 0.05) is 6.54 Å². The molecule has 1 aliphatic rings. The summed E-state index contributed by atoms with van der Waals surface area (Å²) in [5, 5.41) is 0. The molecule has 0 spiro atoms. The van der Waals surface area contributed by atoms with Crippen molar-refractivity contribution >= 4 is 5.97 Å². The lowest BCUT2D eigenvalue weighted by Crippen LogP contribution is -2.31. The summed E-state index contributed by atoms with van der Waals surface area (Å²) in [5.41, 5.74) is 5.99. The van der Waals surface area contributed by atoms with Crippen LogP contribution in [0.2, 0.25) is 0 Å². The van der Waals surface area contributed by atoms with Crippen molar-refractivity contribution in [2.45, 2.75) is 26.8 Å². The molecule has 1 aliphatic heterocycles. The molecule has 0 saturated carbocycles. The zero-order valence-electron chi connectivity index (χ0n) is 11.6. The molecule has 0 radical (unpaired) electrons. The molecule has 1 unspecified atom stereocenters. The lowest BCUT2D eigenvalue weighted by Gasteiger charge is -2.21. The maximum Gasteiger partial charge on any atom is 0.374 e. The van der Waals surface area contributed by atoms with E-state index in [1.165, 1.54) is 0 Å². The summed E-state index contributed by atoms with van der Waals surface area (Å²) in [5.74, 6) is 0.670. The summed E-state index contributed by atoms with van der Waals surface area (Å²) < 4.78 is 10.4. The van der Waals surface area contributed by atoms with Crippen molar-refractivity contribution in [1.82, 2.24) is 4.90 Å². The van der Waals surface area contributed by atoms with E-state index < -0.39 is 5.97 Å². The first kappa shape index (κ1) is 14.1. The number of nitrogens with zero attached hydrogens (tertiary/aromatic N) is 1. The number of likely N-dealkylation sites (tertiary alicyclic amines) is 1. The van der Waals surface area contributed by atoms with Crippen LogP contribution in [0.25, 0.3) is 0 Å². The summed E-state index contributed by atoms with van der Waals surface area (Å²) >= 11 is 0. The van der Waals surface area contributed by atoms with E-state index >= 15 is 0 Å². The molecule has 2 rings (SSSR count). The molecule has 2 heterocycles. The zero-order chi connectivity index (χ0) is 13.9. The SMILES string of the molecule is CCOC(=O)c1ccc(CN2CCC(C)(CN)C2)o1. The third kappa shape index (κ3) is 3.36. The molecule has 1 saturated heterocycles. The van der Waals surface area contributed by atoms with Crippen molar-refractivity contribution in [2.24, 2.45) is 11.1 Å². The second-order valence-corrected chi connectivity index (χ2v) is 5.46. The Labute approximate surface area is 113 Å². The van der Waals surface area contributed by atoms with Crippen LogP contribution in [0, 0.1) is 5.41 Å². The van der Waals surface area contributed by atoms with Crippen molar-refractivity contribution in [3.05, 3.63) is 23.7 Å². The van der Waals surface area contributed by atoms with Crippen LogP contribution in [0.15, 0.2) is 16.5 Å². The van der Waals surface area contributed by atoms with Gasteiger partial charge in [-0.2, -0.15) is 0 Å². The molecule has 1 aromatic rings. The first-order chi connectivity index (χ1) is 9.06. The molecule has 5 heteroatoms. The molecular weight excluding hydrogens is 244 g/mol. The minimum atomic E-state index is -0.401. The number of ether oxygens (including phenoxy) is 1. The maximum absolute atomic E-state index is 11.5. The Kier molecular flexibility index (Phi) is 4.27. The van der Waals surface area contributed by atoms with Gasteiger partial charge < -0.3 is 14.9 Å². The fourth-order valence-electron chi connectivity index (χ4n) is 2.42. The number of hydrogen-bond acceptors (Lipinski definition) is 5. The van der Waals surface area contributed by atoms with Gasteiger partial charge in [-0.25, -0.2) is 4.79 Å². The highest BCUT2D eigenvalue weighted by atomic mass is 16.5. The Morgan fingerprint density at radius 2 is 2.37 bits per heavy atom. The number of esters is 1. The summed E-state index contributed by atoms with van der Waals surface area (Å²) in [6.07, 6.45) is 1.11. The van der Waals surface area contributed by atoms with Crippen LogP contribution in [-0.4, -0.2) is 37.1 Å². The summed E-state index contributed by atoms with van der Waals surface area (Å²) in [6, 6.07) is 3.51. The largest absolute Gasteiger partial charge is 0.460 e. The number of carbonyl (C=O) groups is 1. The first-order valence-corrected chi connectivity index (χ1v) is 6.74. The summed E-state index contributed by atoms with van der Waals surface area (Å²) in [6.45, 7) is 7.75. The van der Waals surface area contributed by atoms with E-state index in [1.807, 2.05) is 6.07 Å². The van der Waals surface area contributed by atoms with Crippen molar-refractivity contribution < 1.29 is 13.9 Å². The predicted octanol–water partition coefficient (Wildman–Crippen LogP) is 1.63. The van der Waals surface area contributed by atoms with Crippen molar-refractivity contribution in [3.8, 4) is 0 Å². The molecular formula is C14H22N2O3. The molecule has 0 aliphatic carbocycles. The Morgan fingerprint density at radius 1 is 1.58 bits per heavy atom. The van der Waals surface area contributed by atoms with Gasteiger partial charge in [-0.05, 0) is 44.0 Å². The molecule has 106 valence electrons. The van der Waals surface area contributed by atoms with Crippen LogP contribution in [0.3, 0.4) is 0 Å². The fraction of sp³-hybridized carbons (Fsp3) is 0.643. The van der Waals surface area contributed by atoms with Crippen LogP contribution in [0.4, 0.5) is 0 Å². The van der Waals surface area contributed by atoms with Gasteiger partial charge in [0.15, 0.2) is 0 Å². The van der Waals surface area contributed by atoms with Crippen LogP contribution < -0.4 is 5.73 Å². The summed E-state index contributed by atoms with van der Waals surface area (Å²) in [7, 11) is 0. The average molecular weight is 266 g/mol. The van der Waals surface area contributed by atoms with E-state index in [0.717, 1.165) is 31.8 Å². The molecule has 1 aromatic heterocycles. The highest BCUT2D eigenvalue weighted by molar-refractivity contribution is 5.86. The topological polar surface area (TPSA) is 68.7 Å². The number of carbonyl (C=O) groups excluding carboxylic acids is 1. The highest BCUT2D eigenvalue weighted by Gasteiger charge is 2.32. The van der Waals surface area contributed by atoms with E-state index in [4.69, 9.17) is 14.9 Å². The smallest absolute Gasteiger partial charge is 0.374 e. The average Bonchev–Trinajstić information content (AvgIpc) is 2.98. The Morgan fingerprint density at radius 3 is 3.00 bits per heavy atom. The monoisotopic (exact) mass is 266 g/mol. The van der Waals surface area contributed by atoms with Gasteiger partial charge in [-0.1, -0.05) is 6.92 Å². The van der Waals surface area contributed by atoms with Gasteiger partial charge in [0.05, 0.1) is 13.2 Å². The van der Waals surface area contributed by atoms with E-state index in [9.17, 15) is 4.79 Å². The van der Waals surface area contributed by atoms with E-state index in [2.05, 4.69) is 11.8 Å². The van der Waals surface area contributed by atoms with E-state index in [0.29, 0.717) is 13.2 Å². The van der Waals surface area contributed by atoms with Gasteiger partial charge >= 0.3 is 5.97 Å². The van der Waals surface area contributed by atoms with Gasteiger partial charge in [-0.3, -0.25) is 4.90 Å². The molecule has 1 atom stereocenters. The molecule has 0 bridgehead atoms. The van der Waals surface area contributed by atoms with Gasteiger partial charge in [0.1, 0.15) is 5.76 Å². The van der Waals surface area contributed by atoms with E-state index in [1.54, 1.807) is 13.0 Å². The standard InChI is InChI=1S/C14H22N2O3/c1-3-18-13(17)12-5-4-11(19-12)8-16-7-6-14(2,9-15)10-16/h4-5H,3,6-10,15H2,1-2H3. The van der Waals surface area contributed by atoms with Crippen molar-refractivity contribution in [1.29, 1.82) is 0 Å². The second kappa shape index (κ2) is 5.75. The second-order valence-electron chi connectivity index (χ2n) is 5.46.